The second-order valence-corrected chi connectivity index (χ2v) is 10.6. The topological polar surface area (TPSA) is 62.3 Å². The molecular formula is C29H31F2N3O4S. The van der Waals surface area contributed by atoms with Crippen molar-refractivity contribution in [2.24, 2.45) is 0 Å². The highest BCUT2D eigenvalue weighted by Gasteiger charge is 2.34. The fourth-order valence-corrected chi connectivity index (χ4v) is 5.91. The van der Waals surface area contributed by atoms with E-state index in [2.05, 4.69) is 4.90 Å². The van der Waals surface area contributed by atoms with E-state index in [0.29, 0.717) is 38.5 Å². The summed E-state index contributed by atoms with van der Waals surface area (Å²) in [7, 11) is 0. The van der Waals surface area contributed by atoms with E-state index in [1.165, 1.54) is 40.1 Å². The van der Waals surface area contributed by atoms with Gasteiger partial charge in [0, 0.05) is 37.6 Å². The van der Waals surface area contributed by atoms with Gasteiger partial charge in [-0.2, -0.15) is 0 Å². The summed E-state index contributed by atoms with van der Waals surface area (Å²) in [6.45, 7) is 4.06. The van der Waals surface area contributed by atoms with Crippen LogP contribution in [0.5, 0.6) is 5.75 Å². The maximum absolute atomic E-state index is 14.6. The first-order valence-corrected chi connectivity index (χ1v) is 14.0. The van der Waals surface area contributed by atoms with Gasteiger partial charge in [-0.1, -0.05) is 12.1 Å². The number of benzene rings is 2. The molecule has 206 valence electrons. The Kier molecular flexibility index (Phi) is 8.85. The number of hydrogen-bond acceptors (Lipinski definition) is 6. The minimum absolute atomic E-state index is 0.0535. The van der Waals surface area contributed by atoms with E-state index < -0.39 is 11.7 Å². The first-order valence-electron chi connectivity index (χ1n) is 13.1. The predicted molar refractivity (Wildman–Crippen MR) is 144 cm³/mol. The molecule has 3 aromatic rings. The normalized spacial score (nSPS) is 17.5. The van der Waals surface area contributed by atoms with Gasteiger partial charge in [-0.3, -0.25) is 14.5 Å². The van der Waals surface area contributed by atoms with Crippen LogP contribution >= 0.6 is 11.3 Å². The second-order valence-electron chi connectivity index (χ2n) is 9.58. The van der Waals surface area contributed by atoms with Crippen molar-refractivity contribution in [1.82, 2.24) is 14.7 Å². The summed E-state index contributed by atoms with van der Waals surface area (Å²) in [4.78, 5) is 33.8. The molecule has 3 heterocycles. The average molecular weight is 556 g/mol. The molecule has 10 heteroatoms. The number of carbonyl (C=O) groups excluding carboxylic acids is 2. The fourth-order valence-electron chi connectivity index (χ4n) is 4.98. The zero-order chi connectivity index (χ0) is 27.2. The lowest BCUT2D eigenvalue weighted by atomic mass is 10.0. The molecule has 1 unspecified atom stereocenters. The van der Waals surface area contributed by atoms with Gasteiger partial charge in [0.25, 0.3) is 5.91 Å². The van der Waals surface area contributed by atoms with Gasteiger partial charge < -0.3 is 19.3 Å². The monoisotopic (exact) mass is 555 g/mol. The van der Waals surface area contributed by atoms with E-state index in [0.717, 1.165) is 18.7 Å². The second kappa shape index (κ2) is 12.7. The van der Waals surface area contributed by atoms with E-state index in [4.69, 9.17) is 9.47 Å². The van der Waals surface area contributed by atoms with Gasteiger partial charge in [0.05, 0.1) is 24.8 Å². The predicted octanol–water partition coefficient (Wildman–Crippen LogP) is 4.01. The van der Waals surface area contributed by atoms with Crippen molar-refractivity contribution in [1.29, 1.82) is 0 Å². The lowest BCUT2D eigenvalue weighted by molar-refractivity contribution is -0.135. The third kappa shape index (κ3) is 6.63. The van der Waals surface area contributed by atoms with Crippen LogP contribution in [0.1, 0.15) is 26.8 Å². The van der Waals surface area contributed by atoms with Gasteiger partial charge in [-0.25, -0.2) is 8.78 Å². The third-order valence-electron chi connectivity index (χ3n) is 7.14. The molecule has 1 atom stereocenters. The summed E-state index contributed by atoms with van der Waals surface area (Å²) in [5, 5.41) is 2.00. The lowest BCUT2D eigenvalue weighted by Crippen LogP contribution is -2.50. The van der Waals surface area contributed by atoms with Crippen LogP contribution < -0.4 is 4.74 Å². The number of ether oxygens (including phenoxy) is 2. The molecule has 2 aromatic carbocycles. The zero-order valence-corrected chi connectivity index (χ0v) is 22.4. The molecule has 0 aliphatic carbocycles. The lowest BCUT2D eigenvalue weighted by Gasteiger charge is -2.37. The smallest absolute Gasteiger partial charge is 0.257 e. The van der Waals surface area contributed by atoms with Crippen molar-refractivity contribution in [2.75, 3.05) is 59.1 Å². The SMILES string of the molecule is O=C(c1ccccc1F)N(CCN1CCOCC1)CC(=O)N1CCc2sccc2C1COc1ccc(F)cc1. The molecule has 1 saturated heterocycles. The molecule has 1 aromatic heterocycles. The summed E-state index contributed by atoms with van der Waals surface area (Å²) in [6.07, 6.45) is 0.709. The summed E-state index contributed by atoms with van der Waals surface area (Å²) in [5.41, 5.74) is 0.962. The largest absolute Gasteiger partial charge is 0.491 e. The van der Waals surface area contributed by atoms with Crippen molar-refractivity contribution in [3.8, 4) is 5.75 Å². The van der Waals surface area contributed by atoms with E-state index >= 15 is 0 Å². The van der Waals surface area contributed by atoms with Crippen LogP contribution in [0.4, 0.5) is 8.78 Å². The number of halogens is 2. The van der Waals surface area contributed by atoms with Crippen molar-refractivity contribution in [2.45, 2.75) is 12.5 Å². The maximum Gasteiger partial charge on any atom is 0.257 e. The maximum atomic E-state index is 14.6. The highest BCUT2D eigenvalue weighted by Crippen LogP contribution is 2.34. The van der Waals surface area contributed by atoms with Gasteiger partial charge in [0.1, 0.15) is 30.5 Å². The molecule has 0 spiro atoms. The number of hydrogen-bond donors (Lipinski definition) is 0. The number of rotatable bonds is 9. The van der Waals surface area contributed by atoms with Crippen molar-refractivity contribution < 1.29 is 27.8 Å². The quantitative estimate of drug-likeness (QED) is 0.400. The van der Waals surface area contributed by atoms with Crippen LogP contribution in [0.15, 0.2) is 60.0 Å². The molecule has 7 nitrogen and oxygen atoms in total. The first kappa shape index (κ1) is 27.2. The van der Waals surface area contributed by atoms with Crippen LogP contribution in [0, 0.1) is 11.6 Å². The Hall–Kier alpha value is -3.34. The Labute approximate surface area is 230 Å². The Morgan fingerprint density at radius 1 is 1.03 bits per heavy atom. The molecule has 39 heavy (non-hydrogen) atoms. The summed E-state index contributed by atoms with van der Waals surface area (Å²) in [6, 6.07) is 13.3. The molecule has 0 N–H and O–H groups in total. The van der Waals surface area contributed by atoms with Crippen LogP contribution in [-0.2, 0) is 16.0 Å². The van der Waals surface area contributed by atoms with E-state index in [-0.39, 0.29) is 43.0 Å². The van der Waals surface area contributed by atoms with E-state index in [9.17, 15) is 18.4 Å². The third-order valence-corrected chi connectivity index (χ3v) is 8.14. The molecule has 2 amide bonds. The summed E-state index contributed by atoms with van der Waals surface area (Å²) >= 11 is 1.64. The van der Waals surface area contributed by atoms with Crippen molar-refractivity contribution in [3.05, 3.63) is 87.6 Å². The van der Waals surface area contributed by atoms with Crippen LogP contribution in [0.25, 0.3) is 0 Å². The minimum Gasteiger partial charge on any atom is -0.491 e. The molecule has 1 fully saturated rings. The van der Waals surface area contributed by atoms with Gasteiger partial charge in [0.2, 0.25) is 5.91 Å². The van der Waals surface area contributed by atoms with Crippen LogP contribution in [-0.4, -0.2) is 85.6 Å². The van der Waals surface area contributed by atoms with Crippen molar-refractivity contribution >= 4 is 23.2 Å². The number of amides is 2. The number of thiophene rings is 1. The Morgan fingerprint density at radius 2 is 1.79 bits per heavy atom. The highest BCUT2D eigenvalue weighted by atomic mass is 32.1. The average Bonchev–Trinajstić information content (AvgIpc) is 3.44. The molecule has 2 aliphatic heterocycles. The number of carbonyl (C=O) groups is 2. The standard InChI is InChI=1S/C29H31F2N3O4S/c30-21-5-7-22(8-6-21)38-20-26-24-10-18-39-27(24)9-11-34(26)28(35)19-33(13-12-32-14-16-37-17-15-32)29(36)23-3-1-2-4-25(23)31/h1-8,10,18,26H,9,11-17,19-20H2. The molecule has 0 bridgehead atoms. The number of morpholine rings is 1. The van der Waals surface area contributed by atoms with Gasteiger partial charge in [0.15, 0.2) is 0 Å². The van der Waals surface area contributed by atoms with Crippen LogP contribution in [0.3, 0.4) is 0 Å². The molecule has 0 radical (unpaired) electrons. The van der Waals surface area contributed by atoms with Gasteiger partial charge in [-0.05, 0) is 59.8 Å². The van der Waals surface area contributed by atoms with Gasteiger partial charge in [-0.15, -0.1) is 11.3 Å². The Balaban J connectivity index is 1.33. The van der Waals surface area contributed by atoms with Crippen LogP contribution in [0.2, 0.25) is 0 Å². The number of nitrogens with zero attached hydrogens (tertiary/aromatic N) is 3. The minimum atomic E-state index is -0.613. The molecule has 2 aliphatic rings. The molecule has 5 rings (SSSR count). The van der Waals surface area contributed by atoms with Crippen molar-refractivity contribution in [3.63, 3.8) is 0 Å². The van der Waals surface area contributed by atoms with Gasteiger partial charge >= 0.3 is 0 Å². The zero-order valence-electron chi connectivity index (χ0n) is 21.6. The summed E-state index contributed by atoms with van der Waals surface area (Å²) in [5.74, 6) is -1.20. The van der Waals surface area contributed by atoms with E-state index in [1.54, 1.807) is 34.4 Å². The summed E-state index contributed by atoms with van der Waals surface area (Å²) < 4.78 is 39.3. The Morgan fingerprint density at radius 3 is 2.56 bits per heavy atom. The Bertz CT molecular complexity index is 1280. The number of fused-ring (bicyclic) bond motifs is 1. The first-order chi connectivity index (χ1) is 19.0. The fraction of sp³-hybridized carbons (Fsp3) is 0.379. The highest BCUT2D eigenvalue weighted by molar-refractivity contribution is 7.10. The van der Waals surface area contributed by atoms with E-state index in [1.807, 2.05) is 11.4 Å². The molecular weight excluding hydrogens is 524 g/mol. The molecule has 0 saturated carbocycles.